The molecule has 0 spiro atoms. The number of aliphatic imine (C=N–C) groups is 1. The molecule has 0 aliphatic carbocycles. The lowest BCUT2D eigenvalue weighted by atomic mass is 9.74. The van der Waals surface area contributed by atoms with Gasteiger partial charge in [0.15, 0.2) is 5.96 Å². The van der Waals surface area contributed by atoms with E-state index >= 15 is 0 Å². The number of ether oxygens (including phenoxy) is 1. The number of nitrogens with one attached hydrogen (secondary N) is 3. The van der Waals surface area contributed by atoms with Gasteiger partial charge in [0.2, 0.25) is 0 Å². The number of hydrogen-bond acceptors (Lipinski definition) is 3. The third-order valence-corrected chi connectivity index (χ3v) is 6.16. The normalized spacial score (nSPS) is 15.4. The molecule has 1 heterocycles. The first kappa shape index (κ1) is 26.4. The Labute approximate surface area is 212 Å². The van der Waals surface area contributed by atoms with E-state index < -0.39 is 0 Å². The van der Waals surface area contributed by atoms with Gasteiger partial charge in [-0.15, -0.1) is 24.0 Å². The van der Waals surface area contributed by atoms with Crippen molar-refractivity contribution < 1.29 is 9.53 Å². The van der Waals surface area contributed by atoms with Gasteiger partial charge < -0.3 is 20.7 Å². The van der Waals surface area contributed by atoms with Crippen LogP contribution in [0.5, 0.6) is 0 Å². The monoisotopic (exact) mass is 570 g/mol. The Hall–Kier alpha value is -1.84. The zero-order valence-electron chi connectivity index (χ0n) is 18.6. The second-order valence-corrected chi connectivity index (χ2v) is 8.16. The third-order valence-electron chi connectivity index (χ3n) is 5.84. The highest BCUT2D eigenvalue weighted by atomic mass is 127. The first-order valence-corrected chi connectivity index (χ1v) is 11.0. The molecule has 1 amide bonds. The molecule has 1 aliphatic heterocycles. The number of benzene rings is 2. The summed E-state index contributed by atoms with van der Waals surface area (Å²) in [6.07, 6.45) is 2.61. The number of amides is 1. The summed E-state index contributed by atoms with van der Waals surface area (Å²) in [5, 5.41) is 10.3. The predicted molar refractivity (Wildman–Crippen MR) is 141 cm³/mol. The molecule has 8 heteroatoms. The van der Waals surface area contributed by atoms with Gasteiger partial charge in [-0.1, -0.05) is 41.9 Å². The minimum atomic E-state index is -0.0872. The lowest BCUT2D eigenvalue weighted by molar-refractivity contribution is 0.0514. The van der Waals surface area contributed by atoms with Gasteiger partial charge in [-0.05, 0) is 48.6 Å². The zero-order valence-corrected chi connectivity index (χ0v) is 21.7. The molecule has 174 valence electrons. The lowest BCUT2D eigenvalue weighted by Gasteiger charge is -2.38. The SMILES string of the molecule is CN=C(NCCc1cccc(C(=O)NC)c1)NCC1(c2ccccc2Cl)CCOCC1.I. The van der Waals surface area contributed by atoms with E-state index in [1.54, 1.807) is 14.1 Å². The minimum absolute atomic E-state index is 0. The molecule has 0 atom stereocenters. The molecule has 0 bridgehead atoms. The summed E-state index contributed by atoms with van der Waals surface area (Å²) in [4.78, 5) is 16.2. The van der Waals surface area contributed by atoms with Gasteiger partial charge in [0.05, 0.1) is 0 Å². The number of nitrogens with zero attached hydrogens (tertiary/aromatic N) is 1. The van der Waals surface area contributed by atoms with Crippen molar-refractivity contribution in [3.8, 4) is 0 Å². The zero-order chi connectivity index (χ0) is 22.1. The number of halogens is 2. The van der Waals surface area contributed by atoms with Crippen LogP contribution in [0.3, 0.4) is 0 Å². The van der Waals surface area contributed by atoms with E-state index in [2.05, 4.69) is 27.0 Å². The van der Waals surface area contributed by atoms with Gasteiger partial charge in [0, 0.05) is 56.4 Å². The standard InChI is InChI=1S/C24H31ClN4O2.HI/c1-26-22(30)19-7-5-6-18(16-19)10-13-28-23(27-2)29-17-24(11-14-31-15-12-24)20-8-3-4-9-21(20)25;/h3-9,16H,10-15,17H2,1-2H3,(H,26,30)(H2,27,28,29);1H. The Balaban J connectivity index is 0.00000363. The third kappa shape index (κ3) is 6.83. The van der Waals surface area contributed by atoms with Crippen LogP contribution in [0.1, 0.15) is 34.3 Å². The topological polar surface area (TPSA) is 74.8 Å². The number of carbonyl (C=O) groups excluding carboxylic acids is 1. The molecule has 1 fully saturated rings. The fourth-order valence-electron chi connectivity index (χ4n) is 4.01. The van der Waals surface area contributed by atoms with Gasteiger partial charge in [-0.3, -0.25) is 9.79 Å². The Morgan fingerprint density at radius 3 is 2.56 bits per heavy atom. The summed E-state index contributed by atoms with van der Waals surface area (Å²) in [6.45, 7) is 2.88. The minimum Gasteiger partial charge on any atom is -0.381 e. The second-order valence-electron chi connectivity index (χ2n) is 7.75. The first-order chi connectivity index (χ1) is 15.1. The molecule has 0 aromatic heterocycles. The first-order valence-electron chi connectivity index (χ1n) is 10.7. The summed E-state index contributed by atoms with van der Waals surface area (Å²) in [5.41, 5.74) is 2.84. The van der Waals surface area contributed by atoms with Crippen LogP contribution in [0.25, 0.3) is 0 Å². The fraction of sp³-hybridized carbons (Fsp3) is 0.417. The van der Waals surface area contributed by atoms with E-state index in [1.807, 2.05) is 42.5 Å². The van der Waals surface area contributed by atoms with E-state index in [4.69, 9.17) is 16.3 Å². The van der Waals surface area contributed by atoms with Crippen molar-refractivity contribution in [1.29, 1.82) is 0 Å². The van der Waals surface area contributed by atoms with E-state index in [9.17, 15) is 4.79 Å². The van der Waals surface area contributed by atoms with E-state index in [0.717, 1.165) is 61.1 Å². The molecule has 32 heavy (non-hydrogen) atoms. The highest BCUT2D eigenvalue weighted by Crippen LogP contribution is 2.38. The lowest BCUT2D eigenvalue weighted by Crippen LogP contribution is -2.48. The summed E-state index contributed by atoms with van der Waals surface area (Å²) in [7, 11) is 3.41. The second kappa shape index (κ2) is 13.0. The van der Waals surface area contributed by atoms with Crippen LogP contribution in [0.2, 0.25) is 5.02 Å². The smallest absolute Gasteiger partial charge is 0.251 e. The van der Waals surface area contributed by atoms with Crippen LogP contribution in [0, 0.1) is 0 Å². The summed E-state index contributed by atoms with van der Waals surface area (Å²) < 4.78 is 5.62. The molecule has 3 rings (SSSR count). The van der Waals surface area contributed by atoms with Crippen molar-refractivity contribution >= 4 is 47.4 Å². The average molecular weight is 571 g/mol. The maximum atomic E-state index is 11.8. The Bertz CT molecular complexity index is 916. The van der Waals surface area contributed by atoms with Crippen molar-refractivity contribution in [2.45, 2.75) is 24.7 Å². The van der Waals surface area contributed by atoms with Crippen molar-refractivity contribution in [1.82, 2.24) is 16.0 Å². The van der Waals surface area contributed by atoms with Crippen molar-refractivity contribution in [3.63, 3.8) is 0 Å². The maximum absolute atomic E-state index is 11.8. The Kier molecular flexibility index (Phi) is 10.7. The van der Waals surface area contributed by atoms with Crippen molar-refractivity contribution in [2.24, 2.45) is 4.99 Å². The van der Waals surface area contributed by atoms with E-state index in [0.29, 0.717) is 12.1 Å². The fourth-order valence-corrected chi connectivity index (χ4v) is 4.34. The molecule has 0 unspecified atom stereocenters. The quantitative estimate of drug-likeness (QED) is 0.269. The van der Waals surface area contributed by atoms with Gasteiger partial charge in [0.1, 0.15) is 0 Å². The predicted octanol–water partition coefficient (Wildman–Crippen LogP) is 3.77. The number of rotatable bonds is 7. The molecule has 0 radical (unpaired) electrons. The molecular formula is C24H32ClIN4O2. The Morgan fingerprint density at radius 2 is 1.88 bits per heavy atom. The molecule has 1 saturated heterocycles. The van der Waals surface area contributed by atoms with Gasteiger partial charge >= 0.3 is 0 Å². The molecule has 3 N–H and O–H groups in total. The van der Waals surface area contributed by atoms with Gasteiger partial charge in [0.25, 0.3) is 5.91 Å². The largest absolute Gasteiger partial charge is 0.381 e. The average Bonchev–Trinajstić information content (AvgIpc) is 2.81. The van der Waals surface area contributed by atoms with E-state index in [-0.39, 0.29) is 35.3 Å². The highest BCUT2D eigenvalue weighted by molar-refractivity contribution is 14.0. The van der Waals surface area contributed by atoms with Crippen LogP contribution >= 0.6 is 35.6 Å². The van der Waals surface area contributed by atoms with Crippen LogP contribution in [0.15, 0.2) is 53.5 Å². The van der Waals surface area contributed by atoms with Crippen LogP contribution < -0.4 is 16.0 Å². The van der Waals surface area contributed by atoms with Gasteiger partial charge in [-0.2, -0.15) is 0 Å². The van der Waals surface area contributed by atoms with Gasteiger partial charge in [-0.25, -0.2) is 0 Å². The molecule has 2 aromatic rings. The van der Waals surface area contributed by atoms with Crippen molar-refractivity contribution in [3.05, 3.63) is 70.2 Å². The van der Waals surface area contributed by atoms with Crippen LogP contribution in [-0.4, -0.2) is 52.3 Å². The summed E-state index contributed by atoms with van der Waals surface area (Å²) in [6, 6.07) is 15.7. The summed E-state index contributed by atoms with van der Waals surface area (Å²) in [5.74, 6) is 0.675. The molecule has 6 nitrogen and oxygen atoms in total. The van der Waals surface area contributed by atoms with E-state index in [1.165, 1.54) is 0 Å². The Morgan fingerprint density at radius 1 is 1.12 bits per heavy atom. The molecule has 0 saturated carbocycles. The number of carbonyl (C=O) groups is 1. The highest BCUT2D eigenvalue weighted by Gasteiger charge is 2.36. The van der Waals surface area contributed by atoms with Crippen LogP contribution in [0.4, 0.5) is 0 Å². The number of guanidine groups is 1. The van der Waals surface area contributed by atoms with Crippen LogP contribution in [-0.2, 0) is 16.6 Å². The molecule has 2 aromatic carbocycles. The summed E-state index contributed by atoms with van der Waals surface area (Å²) >= 11 is 6.55. The molecular weight excluding hydrogens is 539 g/mol. The maximum Gasteiger partial charge on any atom is 0.251 e. The number of hydrogen-bond donors (Lipinski definition) is 3. The van der Waals surface area contributed by atoms with Crippen molar-refractivity contribution in [2.75, 3.05) is 40.4 Å². The molecule has 1 aliphatic rings.